The zero-order chi connectivity index (χ0) is 12.4. The molecule has 0 saturated heterocycles. The molecular weight excluding hydrogens is 218 g/mol. The number of nitro benzene ring substituents is 1. The Labute approximate surface area is 100 Å². The van der Waals surface area contributed by atoms with Crippen molar-refractivity contribution in [1.82, 2.24) is 4.90 Å². The zero-order valence-corrected chi connectivity index (χ0v) is 9.93. The number of hydrogen-bond acceptors (Lipinski definition) is 4. The predicted molar refractivity (Wildman–Crippen MR) is 66.6 cm³/mol. The van der Waals surface area contributed by atoms with Crippen LogP contribution >= 0.6 is 0 Å². The van der Waals surface area contributed by atoms with E-state index in [1.165, 1.54) is 18.9 Å². The van der Waals surface area contributed by atoms with Gasteiger partial charge < -0.3 is 5.73 Å². The number of nitrogens with zero attached hydrogens (tertiary/aromatic N) is 2. The number of rotatable bonds is 5. The maximum atomic E-state index is 10.6. The van der Waals surface area contributed by atoms with Crippen molar-refractivity contribution in [2.75, 3.05) is 12.3 Å². The molecule has 0 atom stereocenters. The second-order valence-electron chi connectivity index (χ2n) is 4.44. The van der Waals surface area contributed by atoms with Gasteiger partial charge in [0, 0.05) is 18.7 Å². The van der Waals surface area contributed by atoms with Crippen molar-refractivity contribution in [2.45, 2.75) is 32.4 Å². The summed E-state index contributed by atoms with van der Waals surface area (Å²) >= 11 is 0. The zero-order valence-electron chi connectivity index (χ0n) is 9.93. The van der Waals surface area contributed by atoms with Crippen LogP contribution in [0.4, 0.5) is 11.4 Å². The lowest BCUT2D eigenvalue weighted by atomic mass is 10.1. The first-order valence-corrected chi connectivity index (χ1v) is 5.88. The van der Waals surface area contributed by atoms with Gasteiger partial charge in [-0.1, -0.05) is 13.0 Å². The number of nitrogens with two attached hydrogens (primary N) is 1. The van der Waals surface area contributed by atoms with Gasteiger partial charge >= 0.3 is 0 Å². The summed E-state index contributed by atoms with van der Waals surface area (Å²) in [6.45, 7) is 3.96. The molecule has 1 aliphatic carbocycles. The molecule has 0 heterocycles. The van der Waals surface area contributed by atoms with Crippen LogP contribution in [0.5, 0.6) is 0 Å². The second kappa shape index (κ2) is 4.71. The number of anilines is 1. The molecule has 2 rings (SSSR count). The van der Waals surface area contributed by atoms with Crippen molar-refractivity contribution in [2.24, 2.45) is 0 Å². The first-order chi connectivity index (χ1) is 8.11. The van der Waals surface area contributed by atoms with Crippen molar-refractivity contribution in [1.29, 1.82) is 0 Å². The fourth-order valence-corrected chi connectivity index (χ4v) is 2.04. The molecule has 1 aromatic carbocycles. The third-order valence-corrected chi connectivity index (χ3v) is 3.14. The Morgan fingerprint density at radius 3 is 2.71 bits per heavy atom. The van der Waals surface area contributed by atoms with E-state index in [9.17, 15) is 10.1 Å². The molecule has 0 radical (unpaired) electrons. The van der Waals surface area contributed by atoms with Gasteiger partial charge in [-0.2, -0.15) is 0 Å². The summed E-state index contributed by atoms with van der Waals surface area (Å²) in [4.78, 5) is 12.6. The molecular formula is C12H17N3O2. The summed E-state index contributed by atoms with van der Waals surface area (Å²) in [5, 5.41) is 10.6. The largest absolute Gasteiger partial charge is 0.393 e. The van der Waals surface area contributed by atoms with Gasteiger partial charge in [-0.25, -0.2) is 0 Å². The second-order valence-corrected chi connectivity index (χ2v) is 4.44. The van der Waals surface area contributed by atoms with Crippen LogP contribution in [0.2, 0.25) is 0 Å². The molecule has 5 nitrogen and oxygen atoms in total. The van der Waals surface area contributed by atoms with Crippen LogP contribution < -0.4 is 5.73 Å². The Balaban J connectivity index is 2.11. The number of nitro groups is 1. The van der Waals surface area contributed by atoms with E-state index in [1.807, 2.05) is 0 Å². The summed E-state index contributed by atoms with van der Waals surface area (Å²) in [6.07, 6.45) is 2.52. The predicted octanol–water partition coefficient (Wildman–Crippen LogP) is 2.16. The molecule has 0 bridgehead atoms. The highest BCUT2D eigenvalue weighted by Crippen LogP contribution is 2.29. The SMILES string of the molecule is CCN(Cc1ccc([N+](=O)[O-])c(N)c1)C1CC1. The van der Waals surface area contributed by atoms with Crippen LogP contribution in [0.15, 0.2) is 18.2 Å². The van der Waals surface area contributed by atoms with E-state index in [0.717, 1.165) is 18.7 Å². The third kappa shape index (κ3) is 2.74. The van der Waals surface area contributed by atoms with Gasteiger partial charge in [-0.15, -0.1) is 0 Å². The Hall–Kier alpha value is -1.62. The molecule has 1 aliphatic rings. The smallest absolute Gasteiger partial charge is 0.292 e. The summed E-state index contributed by atoms with van der Waals surface area (Å²) in [6, 6.07) is 5.69. The van der Waals surface area contributed by atoms with Crippen molar-refractivity contribution < 1.29 is 4.92 Å². The molecule has 5 heteroatoms. The van der Waals surface area contributed by atoms with Crippen molar-refractivity contribution in [3.05, 3.63) is 33.9 Å². The lowest BCUT2D eigenvalue weighted by molar-refractivity contribution is -0.383. The molecule has 17 heavy (non-hydrogen) atoms. The first kappa shape index (κ1) is 11.9. The van der Waals surface area contributed by atoms with E-state index in [1.54, 1.807) is 12.1 Å². The van der Waals surface area contributed by atoms with Gasteiger partial charge in [-0.05, 0) is 31.0 Å². The molecule has 0 amide bonds. The van der Waals surface area contributed by atoms with Gasteiger partial charge in [0.05, 0.1) is 4.92 Å². The monoisotopic (exact) mass is 235 g/mol. The quantitative estimate of drug-likeness (QED) is 0.482. The average Bonchev–Trinajstić information content (AvgIpc) is 3.09. The Morgan fingerprint density at radius 2 is 2.24 bits per heavy atom. The molecule has 1 aromatic rings. The third-order valence-electron chi connectivity index (χ3n) is 3.14. The average molecular weight is 235 g/mol. The van der Waals surface area contributed by atoms with Crippen LogP contribution in [0, 0.1) is 10.1 Å². The van der Waals surface area contributed by atoms with Gasteiger partial charge in [0.25, 0.3) is 5.69 Å². The normalized spacial score (nSPS) is 15.2. The lowest BCUT2D eigenvalue weighted by Gasteiger charge is -2.19. The van der Waals surface area contributed by atoms with Crippen LogP contribution in [0.3, 0.4) is 0 Å². The van der Waals surface area contributed by atoms with E-state index >= 15 is 0 Å². The topological polar surface area (TPSA) is 72.4 Å². The van der Waals surface area contributed by atoms with Crippen molar-refractivity contribution in [3.63, 3.8) is 0 Å². The van der Waals surface area contributed by atoms with E-state index in [2.05, 4.69) is 11.8 Å². The number of hydrogen-bond donors (Lipinski definition) is 1. The summed E-state index contributed by atoms with van der Waals surface area (Å²) in [5.41, 5.74) is 6.95. The van der Waals surface area contributed by atoms with Gasteiger partial charge in [0.15, 0.2) is 0 Å². The van der Waals surface area contributed by atoms with Crippen LogP contribution in [0.25, 0.3) is 0 Å². The standard InChI is InChI=1S/C12H17N3O2/c1-2-14(10-4-5-10)8-9-3-6-12(15(16)17)11(13)7-9/h3,6-7,10H,2,4-5,8,13H2,1H3. The molecule has 0 unspecified atom stereocenters. The molecule has 0 aliphatic heterocycles. The highest BCUT2D eigenvalue weighted by atomic mass is 16.6. The maximum absolute atomic E-state index is 10.6. The highest BCUT2D eigenvalue weighted by Gasteiger charge is 2.27. The fourth-order valence-electron chi connectivity index (χ4n) is 2.04. The summed E-state index contributed by atoms with van der Waals surface area (Å²) in [7, 11) is 0. The van der Waals surface area contributed by atoms with E-state index in [0.29, 0.717) is 6.04 Å². The molecule has 0 spiro atoms. The van der Waals surface area contributed by atoms with E-state index in [-0.39, 0.29) is 11.4 Å². The highest BCUT2D eigenvalue weighted by molar-refractivity contribution is 5.59. The fraction of sp³-hybridized carbons (Fsp3) is 0.500. The molecule has 1 fully saturated rings. The lowest BCUT2D eigenvalue weighted by Crippen LogP contribution is -2.25. The van der Waals surface area contributed by atoms with Gasteiger partial charge in [0.1, 0.15) is 5.69 Å². The summed E-state index contributed by atoms with van der Waals surface area (Å²) in [5.74, 6) is 0. The van der Waals surface area contributed by atoms with E-state index < -0.39 is 4.92 Å². The molecule has 0 aromatic heterocycles. The van der Waals surface area contributed by atoms with Crippen molar-refractivity contribution in [3.8, 4) is 0 Å². The maximum Gasteiger partial charge on any atom is 0.292 e. The minimum atomic E-state index is -0.447. The van der Waals surface area contributed by atoms with Crippen LogP contribution in [-0.2, 0) is 6.54 Å². The Morgan fingerprint density at radius 1 is 1.53 bits per heavy atom. The first-order valence-electron chi connectivity index (χ1n) is 5.88. The number of benzene rings is 1. The van der Waals surface area contributed by atoms with Crippen LogP contribution in [0.1, 0.15) is 25.3 Å². The number of nitrogen functional groups attached to an aromatic ring is 1. The Kier molecular flexibility index (Phi) is 3.28. The van der Waals surface area contributed by atoms with E-state index in [4.69, 9.17) is 5.73 Å². The molecule has 2 N–H and O–H groups in total. The molecule has 1 saturated carbocycles. The van der Waals surface area contributed by atoms with Crippen LogP contribution in [-0.4, -0.2) is 22.4 Å². The van der Waals surface area contributed by atoms with Crippen molar-refractivity contribution >= 4 is 11.4 Å². The Bertz CT molecular complexity index is 430. The summed E-state index contributed by atoms with van der Waals surface area (Å²) < 4.78 is 0. The van der Waals surface area contributed by atoms with Gasteiger partial charge in [-0.3, -0.25) is 15.0 Å². The molecule has 92 valence electrons. The van der Waals surface area contributed by atoms with Gasteiger partial charge in [0.2, 0.25) is 0 Å². The minimum absolute atomic E-state index is 0.0109. The minimum Gasteiger partial charge on any atom is -0.393 e.